The van der Waals surface area contributed by atoms with Gasteiger partial charge < -0.3 is 20.3 Å². The SMILES string of the molecule is CCCCCCCCCNC(=NCC(=O)N(C)C)NCC1CCOC1. The summed E-state index contributed by atoms with van der Waals surface area (Å²) in [5.41, 5.74) is 0. The van der Waals surface area contributed by atoms with Gasteiger partial charge in [0.05, 0.1) is 6.61 Å². The zero-order valence-corrected chi connectivity index (χ0v) is 16.5. The van der Waals surface area contributed by atoms with Crippen molar-refractivity contribution in [1.29, 1.82) is 0 Å². The first-order chi connectivity index (χ1) is 12.1. The topological polar surface area (TPSA) is 66.0 Å². The van der Waals surface area contributed by atoms with E-state index in [9.17, 15) is 4.79 Å². The average Bonchev–Trinajstić information content (AvgIpc) is 3.12. The maximum atomic E-state index is 11.8. The van der Waals surface area contributed by atoms with E-state index in [-0.39, 0.29) is 12.5 Å². The van der Waals surface area contributed by atoms with Crippen molar-refractivity contribution < 1.29 is 9.53 Å². The molecule has 0 spiro atoms. The predicted molar refractivity (Wildman–Crippen MR) is 104 cm³/mol. The summed E-state index contributed by atoms with van der Waals surface area (Å²) in [6.07, 6.45) is 10.1. The molecule has 1 rings (SSSR count). The zero-order chi connectivity index (χ0) is 18.3. The number of carbonyl (C=O) groups excluding carboxylic acids is 1. The molecule has 25 heavy (non-hydrogen) atoms. The molecule has 6 nitrogen and oxygen atoms in total. The van der Waals surface area contributed by atoms with Crippen LogP contribution in [0.15, 0.2) is 4.99 Å². The highest BCUT2D eigenvalue weighted by atomic mass is 16.5. The van der Waals surface area contributed by atoms with Crippen LogP contribution < -0.4 is 10.6 Å². The second kappa shape index (κ2) is 13.9. The number of carbonyl (C=O) groups is 1. The molecule has 1 saturated heterocycles. The van der Waals surface area contributed by atoms with Gasteiger partial charge in [0, 0.05) is 39.7 Å². The summed E-state index contributed by atoms with van der Waals surface area (Å²) in [6, 6.07) is 0. The number of nitrogens with one attached hydrogen (secondary N) is 2. The number of ether oxygens (including phenoxy) is 1. The number of hydrogen-bond acceptors (Lipinski definition) is 3. The Bertz CT molecular complexity index is 380. The number of unbranched alkanes of at least 4 members (excludes halogenated alkanes) is 6. The van der Waals surface area contributed by atoms with Crippen molar-refractivity contribution in [2.45, 2.75) is 58.3 Å². The van der Waals surface area contributed by atoms with Crippen LogP contribution >= 0.6 is 0 Å². The van der Waals surface area contributed by atoms with Gasteiger partial charge in [-0.1, -0.05) is 45.4 Å². The van der Waals surface area contributed by atoms with E-state index in [1.807, 2.05) is 0 Å². The first kappa shape index (κ1) is 21.7. The molecule has 1 aliphatic rings. The molecule has 146 valence electrons. The smallest absolute Gasteiger partial charge is 0.243 e. The lowest BCUT2D eigenvalue weighted by molar-refractivity contribution is -0.127. The van der Waals surface area contributed by atoms with Crippen LogP contribution in [0.3, 0.4) is 0 Å². The van der Waals surface area contributed by atoms with E-state index in [1.165, 1.54) is 38.5 Å². The third-order valence-corrected chi connectivity index (χ3v) is 4.53. The highest BCUT2D eigenvalue weighted by Gasteiger charge is 2.15. The van der Waals surface area contributed by atoms with Crippen molar-refractivity contribution in [3.05, 3.63) is 0 Å². The van der Waals surface area contributed by atoms with Gasteiger partial charge in [-0.15, -0.1) is 0 Å². The van der Waals surface area contributed by atoms with Crippen LogP contribution in [-0.2, 0) is 9.53 Å². The number of likely N-dealkylation sites (N-methyl/N-ethyl adjacent to an activating group) is 1. The average molecular weight is 355 g/mol. The molecule has 0 aromatic rings. The molecule has 2 N–H and O–H groups in total. The third-order valence-electron chi connectivity index (χ3n) is 4.53. The van der Waals surface area contributed by atoms with Gasteiger partial charge in [0.1, 0.15) is 6.54 Å². The summed E-state index contributed by atoms with van der Waals surface area (Å²) in [5.74, 6) is 1.30. The molecule has 1 heterocycles. The molecule has 1 aliphatic heterocycles. The Morgan fingerprint density at radius 3 is 2.48 bits per heavy atom. The Hall–Kier alpha value is -1.30. The zero-order valence-electron chi connectivity index (χ0n) is 16.5. The van der Waals surface area contributed by atoms with Crippen molar-refractivity contribution in [3.63, 3.8) is 0 Å². The van der Waals surface area contributed by atoms with Crippen molar-refractivity contribution in [2.75, 3.05) is 46.9 Å². The first-order valence-electron chi connectivity index (χ1n) is 9.93. The summed E-state index contributed by atoms with van der Waals surface area (Å²) >= 11 is 0. The lowest BCUT2D eigenvalue weighted by atomic mass is 10.1. The van der Waals surface area contributed by atoms with Gasteiger partial charge in [0.25, 0.3) is 0 Å². The van der Waals surface area contributed by atoms with Crippen LogP contribution in [0.1, 0.15) is 58.3 Å². The Morgan fingerprint density at radius 2 is 1.84 bits per heavy atom. The molecular formula is C19H38N4O2. The number of amides is 1. The molecule has 0 aromatic heterocycles. The van der Waals surface area contributed by atoms with E-state index in [1.54, 1.807) is 19.0 Å². The van der Waals surface area contributed by atoms with Crippen LogP contribution in [0, 0.1) is 5.92 Å². The molecule has 0 aliphatic carbocycles. The van der Waals surface area contributed by atoms with Crippen molar-refractivity contribution >= 4 is 11.9 Å². The van der Waals surface area contributed by atoms with Gasteiger partial charge >= 0.3 is 0 Å². The number of rotatable bonds is 12. The van der Waals surface area contributed by atoms with Gasteiger partial charge in [-0.05, 0) is 12.8 Å². The van der Waals surface area contributed by atoms with Gasteiger partial charge in [0.15, 0.2) is 5.96 Å². The van der Waals surface area contributed by atoms with Gasteiger partial charge in [-0.25, -0.2) is 4.99 Å². The summed E-state index contributed by atoms with van der Waals surface area (Å²) in [7, 11) is 3.51. The molecule has 1 atom stereocenters. The molecule has 0 saturated carbocycles. The fraction of sp³-hybridized carbons (Fsp3) is 0.895. The maximum absolute atomic E-state index is 11.8. The van der Waals surface area contributed by atoms with Gasteiger partial charge in [-0.2, -0.15) is 0 Å². The van der Waals surface area contributed by atoms with Crippen LogP contribution in [0.4, 0.5) is 0 Å². The molecule has 0 bridgehead atoms. The van der Waals surface area contributed by atoms with E-state index in [0.717, 1.165) is 45.1 Å². The quantitative estimate of drug-likeness (QED) is 0.321. The minimum absolute atomic E-state index is 0.0150. The number of guanidine groups is 1. The van der Waals surface area contributed by atoms with Crippen molar-refractivity contribution in [3.8, 4) is 0 Å². The monoisotopic (exact) mass is 354 g/mol. The van der Waals surface area contributed by atoms with Crippen LogP contribution in [-0.4, -0.2) is 63.7 Å². The minimum Gasteiger partial charge on any atom is -0.381 e. The predicted octanol–water partition coefficient (Wildman–Crippen LogP) is 2.40. The molecule has 0 radical (unpaired) electrons. The molecular weight excluding hydrogens is 316 g/mol. The Labute approximate surface area is 153 Å². The van der Waals surface area contributed by atoms with Crippen LogP contribution in [0.2, 0.25) is 0 Å². The first-order valence-corrected chi connectivity index (χ1v) is 9.93. The fourth-order valence-corrected chi connectivity index (χ4v) is 2.74. The molecule has 0 aromatic carbocycles. The number of nitrogens with zero attached hydrogens (tertiary/aromatic N) is 2. The van der Waals surface area contributed by atoms with Gasteiger partial charge in [0.2, 0.25) is 5.91 Å². The van der Waals surface area contributed by atoms with Crippen LogP contribution in [0.5, 0.6) is 0 Å². The standard InChI is InChI=1S/C19H38N4O2/c1-4-5-6-7-8-9-10-12-20-19(22-15-18(24)23(2)3)21-14-17-11-13-25-16-17/h17H,4-16H2,1-3H3,(H2,20,21,22). The van der Waals surface area contributed by atoms with E-state index in [2.05, 4.69) is 22.5 Å². The summed E-state index contributed by atoms with van der Waals surface area (Å²) < 4.78 is 5.41. The van der Waals surface area contributed by atoms with Crippen LogP contribution in [0.25, 0.3) is 0 Å². The lowest BCUT2D eigenvalue weighted by Gasteiger charge is -2.15. The van der Waals surface area contributed by atoms with Gasteiger partial charge in [-0.3, -0.25) is 4.79 Å². The Balaban J connectivity index is 2.26. The second-order valence-electron chi connectivity index (χ2n) is 7.11. The molecule has 1 unspecified atom stereocenters. The maximum Gasteiger partial charge on any atom is 0.243 e. The van der Waals surface area contributed by atoms with E-state index in [4.69, 9.17) is 4.74 Å². The third kappa shape index (κ3) is 11.0. The molecule has 6 heteroatoms. The fourth-order valence-electron chi connectivity index (χ4n) is 2.74. The second-order valence-corrected chi connectivity index (χ2v) is 7.11. The summed E-state index contributed by atoms with van der Waals surface area (Å²) in [6.45, 7) is 5.84. The number of aliphatic imine (C=N–C) groups is 1. The largest absolute Gasteiger partial charge is 0.381 e. The lowest BCUT2D eigenvalue weighted by Crippen LogP contribution is -2.41. The van der Waals surface area contributed by atoms with E-state index < -0.39 is 0 Å². The normalized spacial score (nSPS) is 17.6. The van der Waals surface area contributed by atoms with E-state index in [0.29, 0.717) is 5.92 Å². The van der Waals surface area contributed by atoms with Crippen molar-refractivity contribution in [1.82, 2.24) is 15.5 Å². The number of hydrogen-bond donors (Lipinski definition) is 2. The Morgan fingerprint density at radius 1 is 1.12 bits per heavy atom. The van der Waals surface area contributed by atoms with Crippen molar-refractivity contribution in [2.24, 2.45) is 10.9 Å². The Kier molecular flexibility index (Phi) is 12.1. The van der Waals surface area contributed by atoms with E-state index >= 15 is 0 Å². The highest BCUT2D eigenvalue weighted by Crippen LogP contribution is 2.10. The summed E-state index contributed by atoms with van der Waals surface area (Å²) in [5, 5.41) is 6.73. The highest BCUT2D eigenvalue weighted by molar-refractivity contribution is 5.84. The summed E-state index contributed by atoms with van der Waals surface area (Å²) in [4.78, 5) is 17.8. The molecule has 1 amide bonds. The minimum atomic E-state index is 0.0150. The molecule has 1 fully saturated rings.